The summed E-state index contributed by atoms with van der Waals surface area (Å²) in [6, 6.07) is 0. The minimum absolute atomic E-state index is 0.159. The van der Waals surface area contributed by atoms with E-state index in [0.717, 1.165) is 10.0 Å². The van der Waals surface area contributed by atoms with Gasteiger partial charge in [-0.25, -0.2) is 14.8 Å². The average molecular weight is 280 g/mol. The summed E-state index contributed by atoms with van der Waals surface area (Å²) in [6.45, 7) is 5.96. The highest BCUT2D eigenvalue weighted by Gasteiger charge is 2.22. The number of thiazole rings is 1. The first kappa shape index (κ1) is 13.5. The Kier molecular flexibility index (Phi) is 3.84. The Bertz CT molecular complexity index is 603. The second kappa shape index (κ2) is 5.40. The summed E-state index contributed by atoms with van der Waals surface area (Å²) >= 11 is 1.50. The molecule has 7 heteroatoms. The molecule has 0 fully saturated rings. The van der Waals surface area contributed by atoms with Crippen LogP contribution in [0.3, 0.4) is 0 Å². The number of nitrogen functional groups attached to an aromatic ring is 1. The van der Waals surface area contributed by atoms with Gasteiger partial charge in [0, 0.05) is 17.5 Å². The Labute approximate surface area is 115 Å². The number of ether oxygens (including phenoxy) is 1. The average Bonchev–Trinajstić information content (AvgIpc) is 2.93. The van der Waals surface area contributed by atoms with Crippen LogP contribution in [0.5, 0.6) is 0 Å². The SMILES string of the molecule is CCOC(=O)c1nc(CC)n(-c2ncc(C)s2)c1N. The Hall–Kier alpha value is -1.89. The van der Waals surface area contributed by atoms with Crippen molar-refractivity contribution >= 4 is 23.1 Å². The number of nitrogens with zero attached hydrogens (tertiary/aromatic N) is 3. The highest BCUT2D eigenvalue weighted by atomic mass is 32.1. The maximum absolute atomic E-state index is 11.8. The fraction of sp³-hybridized carbons (Fsp3) is 0.417. The maximum Gasteiger partial charge on any atom is 0.360 e. The Morgan fingerprint density at radius 2 is 2.26 bits per heavy atom. The van der Waals surface area contributed by atoms with Gasteiger partial charge in [-0.05, 0) is 13.8 Å². The first-order valence-electron chi connectivity index (χ1n) is 6.05. The van der Waals surface area contributed by atoms with Gasteiger partial charge < -0.3 is 10.5 Å². The largest absolute Gasteiger partial charge is 0.461 e. The highest BCUT2D eigenvalue weighted by Crippen LogP contribution is 2.25. The Balaban J connectivity index is 2.51. The molecule has 2 aromatic rings. The Morgan fingerprint density at radius 3 is 2.79 bits per heavy atom. The van der Waals surface area contributed by atoms with Gasteiger partial charge in [0.15, 0.2) is 10.8 Å². The van der Waals surface area contributed by atoms with E-state index < -0.39 is 5.97 Å². The molecule has 19 heavy (non-hydrogen) atoms. The molecule has 0 saturated heterocycles. The van der Waals surface area contributed by atoms with E-state index in [1.807, 2.05) is 13.8 Å². The van der Waals surface area contributed by atoms with Gasteiger partial charge in [0.1, 0.15) is 11.6 Å². The van der Waals surface area contributed by atoms with Crippen LogP contribution >= 0.6 is 11.3 Å². The highest BCUT2D eigenvalue weighted by molar-refractivity contribution is 7.14. The summed E-state index contributed by atoms with van der Waals surface area (Å²) in [5.74, 6) is 0.487. The van der Waals surface area contributed by atoms with Crippen LogP contribution < -0.4 is 5.73 Å². The third kappa shape index (κ3) is 2.46. The summed E-state index contributed by atoms with van der Waals surface area (Å²) in [5.41, 5.74) is 6.18. The predicted molar refractivity (Wildman–Crippen MR) is 73.7 cm³/mol. The smallest absolute Gasteiger partial charge is 0.360 e. The van der Waals surface area contributed by atoms with Crippen molar-refractivity contribution in [3.05, 3.63) is 22.6 Å². The predicted octanol–water partition coefficient (Wildman–Crippen LogP) is 1.96. The third-order valence-electron chi connectivity index (χ3n) is 2.57. The molecule has 0 aliphatic rings. The number of esters is 1. The second-order valence-corrected chi connectivity index (χ2v) is 5.14. The van der Waals surface area contributed by atoms with E-state index in [-0.39, 0.29) is 11.5 Å². The zero-order valence-corrected chi connectivity index (χ0v) is 12.0. The number of hydrogen-bond donors (Lipinski definition) is 1. The normalized spacial score (nSPS) is 10.7. The zero-order chi connectivity index (χ0) is 14.0. The lowest BCUT2D eigenvalue weighted by Crippen LogP contribution is -2.09. The van der Waals surface area contributed by atoms with Crippen LogP contribution in [-0.2, 0) is 11.2 Å². The van der Waals surface area contributed by atoms with Crippen molar-refractivity contribution in [1.82, 2.24) is 14.5 Å². The molecule has 2 N–H and O–H groups in total. The van der Waals surface area contributed by atoms with Gasteiger partial charge in [0.25, 0.3) is 0 Å². The van der Waals surface area contributed by atoms with E-state index in [9.17, 15) is 4.79 Å². The molecule has 0 aliphatic carbocycles. The first-order valence-corrected chi connectivity index (χ1v) is 6.87. The van der Waals surface area contributed by atoms with Crippen LogP contribution in [0.4, 0.5) is 5.82 Å². The molecular weight excluding hydrogens is 264 g/mol. The quantitative estimate of drug-likeness (QED) is 0.866. The van der Waals surface area contributed by atoms with Crippen molar-refractivity contribution in [2.24, 2.45) is 0 Å². The van der Waals surface area contributed by atoms with E-state index in [0.29, 0.717) is 18.9 Å². The molecule has 102 valence electrons. The van der Waals surface area contributed by atoms with E-state index in [1.165, 1.54) is 11.3 Å². The van der Waals surface area contributed by atoms with Gasteiger partial charge in [0.2, 0.25) is 0 Å². The van der Waals surface area contributed by atoms with Gasteiger partial charge in [0.05, 0.1) is 6.61 Å². The molecule has 6 nitrogen and oxygen atoms in total. The number of anilines is 1. The van der Waals surface area contributed by atoms with Crippen molar-refractivity contribution in [2.75, 3.05) is 12.3 Å². The van der Waals surface area contributed by atoms with Crippen LogP contribution in [0.15, 0.2) is 6.20 Å². The number of aryl methyl sites for hydroxylation is 2. The molecular formula is C12H16N4O2S. The topological polar surface area (TPSA) is 83.0 Å². The summed E-state index contributed by atoms with van der Waals surface area (Å²) in [5, 5.41) is 0.717. The van der Waals surface area contributed by atoms with Crippen molar-refractivity contribution < 1.29 is 9.53 Å². The minimum atomic E-state index is -0.498. The van der Waals surface area contributed by atoms with Crippen molar-refractivity contribution in [3.8, 4) is 5.13 Å². The van der Waals surface area contributed by atoms with E-state index >= 15 is 0 Å². The molecule has 0 aromatic carbocycles. The van der Waals surface area contributed by atoms with Gasteiger partial charge in [-0.15, -0.1) is 11.3 Å². The van der Waals surface area contributed by atoms with E-state index in [1.54, 1.807) is 17.7 Å². The summed E-state index contributed by atoms with van der Waals surface area (Å²) in [6.07, 6.45) is 2.42. The molecule has 0 bridgehead atoms. The fourth-order valence-corrected chi connectivity index (χ4v) is 2.52. The fourth-order valence-electron chi connectivity index (χ4n) is 1.73. The van der Waals surface area contributed by atoms with Crippen molar-refractivity contribution in [3.63, 3.8) is 0 Å². The lowest BCUT2D eigenvalue weighted by Gasteiger charge is -2.04. The van der Waals surface area contributed by atoms with Crippen LogP contribution in [0.1, 0.15) is 35.0 Å². The number of aromatic nitrogens is 3. The van der Waals surface area contributed by atoms with E-state index in [4.69, 9.17) is 10.5 Å². The number of hydrogen-bond acceptors (Lipinski definition) is 6. The molecule has 0 amide bonds. The van der Waals surface area contributed by atoms with Crippen LogP contribution in [0.2, 0.25) is 0 Å². The molecule has 2 heterocycles. The zero-order valence-electron chi connectivity index (χ0n) is 11.1. The minimum Gasteiger partial charge on any atom is -0.461 e. The third-order valence-corrected chi connectivity index (χ3v) is 3.47. The molecule has 0 aliphatic heterocycles. The summed E-state index contributed by atoms with van der Waals surface area (Å²) in [4.78, 5) is 21.4. The lowest BCUT2D eigenvalue weighted by atomic mass is 10.4. The first-order chi connectivity index (χ1) is 9.08. The number of carbonyl (C=O) groups is 1. The standard InChI is InChI=1S/C12H16N4O2S/c1-4-8-15-9(11(17)18-5-2)10(13)16(8)12-14-6-7(3)19-12/h6H,4-5,13H2,1-3H3. The monoisotopic (exact) mass is 280 g/mol. The number of nitrogens with two attached hydrogens (primary N) is 1. The van der Waals surface area contributed by atoms with Gasteiger partial charge in [-0.1, -0.05) is 6.92 Å². The summed E-state index contributed by atoms with van der Waals surface area (Å²) in [7, 11) is 0. The number of rotatable bonds is 4. The van der Waals surface area contributed by atoms with E-state index in [2.05, 4.69) is 9.97 Å². The molecule has 0 unspecified atom stereocenters. The second-order valence-electron chi connectivity index (χ2n) is 3.92. The molecule has 0 saturated carbocycles. The molecule has 2 rings (SSSR count). The van der Waals surface area contributed by atoms with Gasteiger partial charge in [-0.2, -0.15) is 0 Å². The van der Waals surface area contributed by atoms with Gasteiger partial charge in [-0.3, -0.25) is 4.57 Å². The molecule has 0 spiro atoms. The van der Waals surface area contributed by atoms with Gasteiger partial charge >= 0.3 is 5.97 Å². The lowest BCUT2D eigenvalue weighted by molar-refractivity contribution is 0.0521. The van der Waals surface area contributed by atoms with Crippen LogP contribution in [-0.4, -0.2) is 27.1 Å². The van der Waals surface area contributed by atoms with Crippen molar-refractivity contribution in [1.29, 1.82) is 0 Å². The molecule has 0 atom stereocenters. The van der Waals surface area contributed by atoms with Crippen LogP contribution in [0.25, 0.3) is 5.13 Å². The number of imidazole rings is 1. The van der Waals surface area contributed by atoms with Crippen LogP contribution in [0, 0.1) is 6.92 Å². The maximum atomic E-state index is 11.8. The molecule has 2 aromatic heterocycles. The summed E-state index contributed by atoms with van der Waals surface area (Å²) < 4.78 is 6.66. The molecule has 0 radical (unpaired) electrons. The van der Waals surface area contributed by atoms with Crippen molar-refractivity contribution in [2.45, 2.75) is 27.2 Å². The Morgan fingerprint density at radius 1 is 1.53 bits per heavy atom. The number of carbonyl (C=O) groups excluding carboxylic acids is 1.